The van der Waals surface area contributed by atoms with Crippen LogP contribution in [-0.2, 0) is 13.0 Å². The molecule has 0 aliphatic heterocycles. The van der Waals surface area contributed by atoms with Crippen molar-refractivity contribution in [2.24, 2.45) is 5.73 Å². The molecular weight excluding hydrogens is 442 g/mol. The van der Waals surface area contributed by atoms with E-state index in [9.17, 15) is 4.79 Å². The summed E-state index contributed by atoms with van der Waals surface area (Å²) < 4.78 is 13.4. The third-order valence-electron chi connectivity index (χ3n) is 5.34. The van der Waals surface area contributed by atoms with E-state index < -0.39 is 5.91 Å². The smallest absolute Gasteiger partial charge is 0.250 e. The van der Waals surface area contributed by atoms with Gasteiger partial charge in [-0.15, -0.1) is 0 Å². The lowest BCUT2D eigenvalue weighted by molar-refractivity contribution is 0.100. The molecule has 4 N–H and O–H groups in total. The summed E-state index contributed by atoms with van der Waals surface area (Å²) in [6, 6.07) is 11.4. The van der Waals surface area contributed by atoms with Gasteiger partial charge in [-0.3, -0.25) is 4.79 Å². The number of ether oxygens (including phenoxy) is 2. The molecule has 2 aromatic carbocycles. The summed E-state index contributed by atoms with van der Waals surface area (Å²) in [6.07, 6.45) is 3.29. The van der Waals surface area contributed by atoms with Gasteiger partial charge in [0.2, 0.25) is 0 Å². The van der Waals surface area contributed by atoms with E-state index in [1.165, 1.54) is 0 Å². The third kappa shape index (κ3) is 6.63. The maximum absolute atomic E-state index is 12.1. The zero-order valence-corrected chi connectivity index (χ0v) is 19.9. The maximum atomic E-state index is 12.1. The van der Waals surface area contributed by atoms with Crippen molar-refractivity contribution in [2.45, 2.75) is 39.3 Å². The highest BCUT2D eigenvalue weighted by Crippen LogP contribution is 2.30. The lowest BCUT2D eigenvalue weighted by Crippen LogP contribution is -2.32. The second-order valence-electron chi connectivity index (χ2n) is 7.96. The SMILES string of the molecule is CCOc1cc(Cl)ccc1OCCN[C@H](C)Cc1cc(C(N)=O)c2c(ccn2CCCO)c1. The first-order chi connectivity index (χ1) is 15.9. The van der Waals surface area contributed by atoms with Gasteiger partial charge in [0.15, 0.2) is 11.5 Å². The molecule has 0 fully saturated rings. The predicted octanol–water partition coefficient (Wildman–Crippen LogP) is 3.77. The molecule has 0 bridgehead atoms. The normalized spacial score (nSPS) is 12.1. The second-order valence-corrected chi connectivity index (χ2v) is 8.40. The number of amides is 1. The minimum Gasteiger partial charge on any atom is -0.490 e. The Kier molecular flexibility index (Phi) is 9.00. The molecule has 7 nitrogen and oxygen atoms in total. The number of nitrogens with zero attached hydrogens (tertiary/aromatic N) is 1. The van der Waals surface area contributed by atoms with Crippen molar-refractivity contribution in [1.82, 2.24) is 9.88 Å². The fourth-order valence-corrected chi connectivity index (χ4v) is 4.07. The monoisotopic (exact) mass is 473 g/mol. The van der Waals surface area contributed by atoms with Crippen molar-refractivity contribution in [3.8, 4) is 11.5 Å². The van der Waals surface area contributed by atoms with E-state index in [2.05, 4.69) is 18.3 Å². The van der Waals surface area contributed by atoms with Crippen LogP contribution in [0.1, 0.15) is 36.2 Å². The molecule has 0 aliphatic rings. The van der Waals surface area contributed by atoms with Gasteiger partial charge in [0.1, 0.15) is 6.61 Å². The molecule has 3 rings (SSSR count). The number of aromatic nitrogens is 1. The molecule has 0 unspecified atom stereocenters. The Morgan fingerprint density at radius 3 is 2.76 bits per heavy atom. The Bertz CT molecular complexity index is 1080. The molecule has 0 spiro atoms. The van der Waals surface area contributed by atoms with Gasteiger partial charge in [-0.1, -0.05) is 11.6 Å². The van der Waals surface area contributed by atoms with Crippen LogP contribution in [0, 0.1) is 0 Å². The van der Waals surface area contributed by atoms with E-state index in [-0.39, 0.29) is 12.6 Å². The van der Waals surface area contributed by atoms with Gasteiger partial charge in [0.25, 0.3) is 5.91 Å². The summed E-state index contributed by atoms with van der Waals surface area (Å²) in [5.74, 6) is 0.849. The molecule has 178 valence electrons. The van der Waals surface area contributed by atoms with Crippen molar-refractivity contribution in [2.75, 3.05) is 26.4 Å². The topological polar surface area (TPSA) is 98.7 Å². The number of aliphatic hydroxyl groups excluding tert-OH is 1. The minimum absolute atomic E-state index is 0.0987. The molecule has 33 heavy (non-hydrogen) atoms. The van der Waals surface area contributed by atoms with Gasteiger partial charge < -0.3 is 30.2 Å². The third-order valence-corrected chi connectivity index (χ3v) is 5.58. The summed E-state index contributed by atoms with van der Waals surface area (Å²) in [6.45, 7) is 6.41. The predicted molar refractivity (Wildman–Crippen MR) is 131 cm³/mol. The number of aliphatic hydroxyl groups is 1. The van der Waals surface area contributed by atoms with Gasteiger partial charge in [0.05, 0.1) is 17.7 Å². The summed E-state index contributed by atoms with van der Waals surface area (Å²) in [7, 11) is 0. The van der Waals surface area contributed by atoms with Crippen LogP contribution in [0.4, 0.5) is 0 Å². The molecule has 3 aromatic rings. The van der Waals surface area contributed by atoms with E-state index >= 15 is 0 Å². The maximum Gasteiger partial charge on any atom is 0.250 e. The Morgan fingerprint density at radius 2 is 2.03 bits per heavy atom. The second kappa shape index (κ2) is 11.9. The highest BCUT2D eigenvalue weighted by Gasteiger charge is 2.15. The first-order valence-electron chi connectivity index (χ1n) is 11.2. The van der Waals surface area contributed by atoms with Crippen molar-refractivity contribution in [3.63, 3.8) is 0 Å². The lowest BCUT2D eigenvalue weighted by atomic mass is 10.0. The number of aryl methyl sites for hydroxylation is 1. The Morgan fingerprint density at radius 1 is 1.21 bits per heavy atom. The number of carbonyl (C=O) groups excluding carboxylic acids is 1. The zero-order valence-electron chi connectivity index (χ0n) is 19.1. The van der Waals surface area contributed by atoms with E-state index in [0.29, 0.717) is 54.8 Å². The van der Waals surface area contributed by atoms with E-state index in [1.807, 2.05) is 35.9 Å². The minimum atomic E-state index is -0.451. The number of nitrogens with two attached hydrogens (primary N) is 1. The number of benzene rings is 2. The largest absolute Gasteiger partial charge is 0.490 e. The number of nitrogens with one attached hydrogen (secondary N) is 1. The summed E-state index contributed by atoms with van der Waals surface area (Å²) in [5.41, 5.74) is 8.04. The molecule has 1 atom stereocenters. The molecule has 0 saturated heterocycles. The molecule has 0 saturated carbocycles. The van der Waals surface area contributed by atoms with Gasteiger partial charge in [-0.05, 0) is 62.6 Å². The van der Waals surface area contributed by atoms with Crippen molar-refractivity contribution in [1.29, 1.82) is 0 Å². The van der Waals surface area contributed by atoms with Crippen LogP contribution in [-0.4, -0.2) is 48.0 Å². The fraction of sp³-hybridized carbons (Fsp3) is 0.400. The molecule has 1 amide bonds. The average Bonchev–Trinajstić information content (AvgIpc) is 3.18. The summed E-state index contributed by atoms with van der Waals surface area (Å²) in [5, 5.41) is 14.2. The number of primary amides is 1. The van der Waals surface area contributed by atoms with Gasteiger partial charge in [-0.2, -0.15) is 0 Å². The fourth-order valence-electron chi connectivity index (χ4n) is 3.91. The number of hydrogen-bond acceptors (Lipinski definition) is 5. The van der Waals surface area contributed by atoms with Gasteiger partial charge >= 0.3 is 0 Å². The Hall–Kier alpha value is -2.74. The molecule has 1 aromatic heterocycles. The van der Waals surface area contributed by atoms with Crippen LogP contribution in [0.15, 0.2) is 42.6 Å². The highest BCUT2D eigenvalue weighted by atomic mass is 35.5. The van der Waals surface area contributed by atoms with Crippen LogP contribution in [0.25, 0.3) is 10.9 Å². The average molecular weight is 474 g/mol. The number of halogens is 1. The number of fused-ring (bicyclic) bond motifs is 1. The quantitative estimate of drug-likeness (QED) is 0.328. The number of carbonyl (C=O) groups is 1. The highest BCUT2D eigenvalue weighted by molar-refractivity contribution is 6.30. The van der Waals surface area contributed by atoms with Crippen molar-refractivity contribution >= 4 is 28.4 Å². The Labute approximate surface area is 199 Å². The van der Waals surface area contributed by atoms with Crippen molar-refractivity contribution < 1.29 is 19.4 Å². The first kappa shape index (κ1) is 24.9. The molecule has 0 aliphatic carbocycles. The molecule has 0 radical (unpaired) electrons. The van der Waals surface area contributed by atoms with Crippen LogP contribution < -0.4 is 20.5 Å². The van der Waals surface area contributed by atoms with E-state index in [1.54, 1.807) is 12.1 Å². The lowest BCUT2D eigenvalue weighted by Gasteiger charge is -2.17. The Balaban J connectivity index is 1.60. The molecule has 8 heteroatoms. The summed E-state index contributed by atoms with van der Waals surface area (Å²) >= 11 is 6.03. The van der Waals surface area contributed by atoms with Crippen LogP contribution in [0.2, 0.25) is 5.02 Å². The number of hydrogen-bond donors (Lipinski definition) is 3. The van der Waals surface area contributed by atoms with Gasteiger partial charge in [-0.25, -0.2) is 0 Å². The van der Waals surface area contributed by atoms with Gasteiger partial charge in [0, 0.05) is 48.4 Å². The molecule has 1 heterocycles. The van der Waals surface area contributed by atoms with E-state index in [4.69, 9.17) is 31.9 Å². The standard InChI is InChI=1S/C25H32ClN3O4/c1-3-32-23-16-20(26)5-6-22(23)33-12-8-28-17(2)13-18-14-19-7-10-29(9-4-11-30)24(19)21(15-18)25(27)31/h5-7,10,14-17,28,30H,3-4,8-9,11-13H2,1-2H3,(H2,27,31)/t17-/m1/s1. The number of rotatable bonds is 13. The zero-order chi connectivity index (χ0) is 23.8. The first-order valence-corrected chi connectivity index (χ1v) is 11.6. The van der Waals surface area contributed by atoms with Crippen LogP contribution >= 0.6 is 11.6 Å². The summed E-state index contributed by atoms with van der Waals surface area (Å²) in [4.78, 5) is 12.1. The molecular formula is C25H32ClN3O4. The van der Waals surface area contributed by atoms with Crippen LogP contribution in [0.5, 0.6) is 11.5 Å². The van der Waals surface area contributed by atoms with E-state index in [0.717, 1.165) is 22.9 Å². The van der Waals surface area contributed by atoms with Crippen LogP contribution in [0.3, 0.4) is 0 Å². The van der Waals surface area contributed by atoms with Crippen molar-refractivity contribution in [3.05, 3.63) is 58.7 Å².